The maximum atomic E-state index is 10.6. The predicted molar refractivity (Wildman–Crippen MR) is 134 cm³/mol. The number of hydrogen-bond donors (Lipinski definition) is 4. The molecule has 3 rings (SSSR count). The highest BCUT2D eigenvalue weighted by atomic mass is 16.5. The van der Waals surface area contributed by atoms with Gasteiger partial charge in [-0.15, -0.1) is 0 Å². The average molecular weight is 467 g/mol. The van der Waals surface area contributed by atoms with Crippen molar-refractivity contribution in [2.45, 2.75) is 24.5 Å². The molecule has 3 aromatic carbocycles. The van der Waals surface area contributed by atoms with Crippen LogP contribution in [0.1, 0.15) is 17.0 Å². The van der Waals surface area contributed by atoms with Gasteiger partial charge in [-0.1, -0.05) is 36.4 Å². The number of methoxy groups -OCH3 is 2. The van der Waals surface area contributed by atoms with Crippen molar-refractivity contribution in [2.24, 2.45) is 0 Å². The van der Waals surface area contributed by atoms with Crippen LogP contribution in [0.15, 0.2) is 72.8 Å². The molecule has 0 bridgehead atoms. The first-order chi connectivity index (χ1) is 16.5. The monoisotopic (exact) mass is 466 g/mol. The summed E-state index contributed by atoms with van der Waals surface area (Å²) >= 11 is 0. The Hall–Kier alpha value is -3.26. The number of benzene rings is 3. The molecule has 3 unspecified atom stereocenters. The molecule has 0 aliphatic carbocycles. The standard InChI is InChI=1S/C27H34N2O5/c1-32-26-13-8-20(15-27(26)33-2)21(14-19-6-4-3-5-7-19)16-29-24(17-30)25(31)18-34-23-11-9-22(28)10-12-23/h3-13,15,21,24-25,29-31H,14,16-18,28H2,1-2H3. The van der Waals surface area contributed by atoms with Crippen LogP contribution in [-0.2, 0) is 6.42 Å². The zero-order valence-corrected chi connectivity index (χ0v) is 19.7. The molecule has 5 N–H and O–H groups in total. The molecule has 0 aromatic heterocycles. The first kappa shape index (κ1) is 25.4. The summed E-state index contributed by atoms with van der Waals surface area (Å²) in [6, 6.07) is 22.5. The number of nitrogen functional groups attached to an aromatic ring is 1. The summed E-state index contributed by atoms with van der Waals surface area (Å²) in [5, 5.41) is 23.9. The van der Waals surface area contributed by atoms with E-state index in [1.54, 1.807) is 38.5 Å². The van der Waals surface area contributed by atoms with Gasteiger partial charge in [0.15, 0.2) is 11.5 Å². The summed E-state index contributed by atoms with van der Waals surface area (Å²) in [5.41, 5.74) is 8.60. The van der Waals surface area contributed by atoms with Gasteiger partial charge in [0, 0.05) is 18.2 Å². The molecule has 0 spiro atoms. The molecule has 0 radical (unpaired) electrons. The third-order valence-electron chi connectivity index (χ3n) is 5.79. The van der Waals surface area contributed by atoms with Gasteiger partial charge < -0.3 is 35.5 Å². The molecule has 34 heavy (non-hydrogen) atoms. The summed E-state index contributed by atoms with van der Waals surface area (Å²) in [6.45, 7) is 0.354. The smallest absolute Gasteiger partial charge is 0.160 e. The van der Waals surface area contributed by atoms with E-state index in [0.29, 0.717) is 29.5 Å². The maximum absolute atomic E-state index is 10.6. The Morgan fingerprint density at radius 1 is 0.912 bits per heavy atom. The Morgan fingerprint density at radius 3 is 2.26 bits per heavy atom. The van der Waals surface area contributed by atoms with E-state index >= 15 is 0 Å². The minimum atomic E-state index is -0.898. The van der Waals surface area contributed by atoms with Gasteiger partial charge in [-0.3, -0.25) is 0 Å². The second-order valence-corrected chi connectivity index (χ2v) is 8.15. The second-order valence-electron chi connectivity index (χ2n) is 8.15. The topological polar surface area (TPSA) is 106 Å². The lowest BCUT2D eigenvalue weighted by atomic mass is 9.91. The zero-order chi connectivity index (χ0) is 24.3. The first-order valence-electron chi connectivity index (χ1n) is 11.3. The van der Waals surface area contributed by atoms with Crippen LogP contribution < -0.4 is 25.3 Å². The van der Waals surface area contributed by atoms with Crippen molar-refractivity contribution >= 4 is 5.69 Å². The predicted octanol–water partition coefficient (Wildman–Crippen LogP) is 3.00. The minimum Gasteiger partial charge on any atom is -0.493 e. The van der Waals surface area contributed by atoms with Crippen LogP contribution in [0.5, 0.6) is 17.2 Å². The normalized spacial score (nSPS) is 13.6. The summed E-state index contributed by atoms with van der Waals surface area (Å²) in [7, 11) is 3.23. The Kier molecular flexibility index (Phi) is 9.58. The Balaban J connectivity index is 1.69. The molecule has 182 valence electrons. The van der Waals surface area contributed by atoms with Crippen molar-refractivity contribution in [1.29, 1.82) is 0 Å². The number of aliphatic hydroxyl groups is 2. The summed E-state index contributed by atoms with van der Waals surface area (Å²) < 4.78 is 16.5. The second kappa shape index (κ2) is 12.8. The average Bonchev–Trinajstić information content (AvgIpc) is 2.88. The van der Waals surface area contributed by atoms with Crippen LogP contribution in [0, 0.1) is 0 Å². The van der Waals surface area contributed by atoms with Gasteiger partial charge in [-0.25, -0.2) is 0 Å². The zero-order valence-electron chi connectivity index (χ0n) is 19.7. The number of anilines is 1. The fraction of sp³-hybridized carbons (Fsp3) is 0.333. The van der Waals surface area contributed by atoms with Crippen molar-refractivity contribution in [3.05, 3.63) is 83.9 Å². The van der Waals surface area contributed by atoms with E-state index in [9.17, 15) is 10.2 Å². The van der Waals surface area contributed by atoms with Gasteiger partial charge in [0.25, 0.3) is 0 Å². The molecular weight excluding hydrogens is 432 g/mol. The number of aliphatic hydroxyl groups excluding tert-OH is 2. The van der Waals surface area contributed by atoms with Crippen molar-refractivity contribution in [1.82, 2.24) is 5.32 Å². The third kappa shape index (κ3) is 7.12. The van der Waals surface area contributed by atoms with Gasteiger partial charge in [0.2, 0.25) is 0 Å². The van der Waals surface area contributed by atoms with Gasteiger partial charge in [-0.2, -0.15) is 0 Å². The van der Waals surface area contributed by atoms with E-state index < -0.39 is 12.1 Å². The van der Waals surface area contributed by atoms with Crippen molar-refractivity contribution < 1.29 is 24.4 Å². The number of ether oxygens (including phenoxy) is 3. The van der Waals surface area contributed by atoms with Gasteiger partial charge in [0.1, 0.15) is 18.5 Å². The summed E-state index contributed by atoms with van der Waals surface area (Å²) in [6.07, 6.45) is -0.121. The van der Waals surface area contributed by atoms with Crippen LogP contribution in [0.25, 0.3) is 0 Å². The quantitative estimate of drug-likeness (QED) is 0.287. The van der Waals surface area contributed by atoms with Crippen molar-refractivity contribution in [3.63, 3.8) is 0 Å². The van der Waals surface area contributed by atoms with Crippen LogP contribution in [0.2, 0.25) is 0 Å². The molecule has 0 aliphatic heterocycles. The van der Waals surface area contributed by atoms with Crippen LogP contribution >= 0.6 is 0 Å². The SMILES string of the molecule is COc1ccc(C(CNC(CO)C(O)COc2ccc(N)cc2)Cc2ccccc2)cc1OC. The van der Waals surface area contributed by atoms with Crippen LogP contribution in [-0.4, -0.2) is 56.3 Å². The highest BCUT2D eigenvalue weighted by Crippen LogP contribution is 2.32. The lowest BCUT2D eigenvalue weighted by molar-refractivity contribution is 0.0495. The van der Waals surface area contributed by atoms with Crippen molar-refractivity contribution in [2.75, 3.05) is 39.7 Å². The Labute approximate surface area is 201 Å². The van der Waals surface area contributed by atoms with E-state index in [0.717, 1.165) is 12.0 Å². The van der Waals surface area contributed by atoms with E-state index in [1.807, 2.05) is 36.4 Å². The fourth-order valence-electron chi connectivity index (χ4n) is 3.79. The Morgan fingerprint density at radius 2 is 1.62 bits per heavy atom. The Bertz CT molecular complexity index is 998. The van der Waals surface area contributed by atoms with Crippen molar-refractivity contribution in [3.8, 4) is 17.2 Å². The van der Waals surface area contributed by atoms with E-state index in [-0.39, 0.29) is 19.1 Å². The first-order valence-corrected chi connectivity index (χ1v) is 11.3. The van der Waals surface area contributed by atoms with E-state index in [1.165, 1.54) is 5.56 Å². The number of nitrogens with two attached hydrogens (primary N) is 1. The molecule has 0 amide bonds. The number of rotatable bonds is 13. The summed E-state index contributed by atoms with van der Waals surface area (Å²) in [4.78, 5) is 0. The highest BCUT2D eigenvalue weighted by molar-refractivity contribution is 5.44. The number of hydrogen-bond acceptors (Lipinski definition) is 7. The largest absolute Gasteiger partial charge is 0.493 e. The molecule has 7 heteroatoms. The highest BCUT2D eigenvalue weighted by Gasteiger charge is 2.22. The molecule has 0 aliphatic rings. The third-order valence-corrected chi connectivity index (χ3v) is 5.79. The van der Waals surface area contributed by atoms with Crippen LogP contribution in [0.4, 0.5) is 5.69 Å². The summed E-state index contributed by atoms with van der Waals surface area (Å²) in [5.74, 6) is 2.01. The lowest BCUT2D eigenvalue weighted by Gasteiger charge is -2.26. The molecule has 3 atom stereocenters. The van der Waals surface area contributed by atoms with E-state index in [4.69, 9.17) is 19.9 Å². The van der Waals surface area contributed by atoms with Gasteiger partial charge in [-0.05, 0) is 53.9 Å². The molecular formula is C27H34N2O5. The van der Waals surface area contributed by atoms with Crippen LogP contribution in [0.3, 0.4) is 0 Å². The molecule has 3 aromatic rings. The molecule has 0 saturated heterocycles. The minimum absolute atomic E-state index is 0.0435. The van der Waals surface area contributed by atoms with E-state index in [2.05, 4.69) is 17.4 Å². The number of nitrogens with one attached hydrogen (secondary N) is 1. The molecule has 7 nitrogen and oxygen atoms in total. The molecule has 0 saturated carbocycles. The lowest BCUT2D eigenvalue weighted by Crippen LogP contribution is -2.47. The molecule has 0 heterocycles. The maximum Gasteiger partial charge on any atom is 0.160 e. The molecule has 0 fully saturated rings. The van der Waals surface area contributed by atoms with Gasteiger partial charge >= 0.3 is 0 Å². The van der Waals surface area contributed by atoms with Gasteiger partial charge in [0.05, 0.1) is 26.9 Å². The fourth-order valence-corrected chi connectivity index (χ4v) is 3.79.